The lowest BCUT2D eigenvalue weighted by Gasteiger charge is -2.24. The number of nitrogens with zero attached hydrogens (tertiary/aromatic N) is 1. The molecule has 1 aromatic heterocycles. The van der Waals surface area contributed by atoms with Crippen LogP contribution in [0, 0.1) is 0 Å². The number of benzene rings is 4. The molecule has 0 radical (unpaired) electrons. The number of rotatable bonds is 7. The highest BCUT2D eigenvalue weighted by Crippen LogP contribution is 2.24. The Kier molecular flexibility index (Phi) is 6.44. The Morgan fingerprint density at radius 2 is 1.73 bits per heavy atom. The molecule has 186 valence electrons. The molecule has 0 aliphatic heterocycles. The quantitative estimate of drug-likeness (QED) is 0.233. The molecule has 2 atom stereocenters. The number of anilines is 2. The van der Waals surface area contributed by atoms with Gasteiger partial charge in [-0.15, -0.1) is 0 Å². The smallest absolute Gasteiger partial charge is 0.255 e. The molecule has 2 unspecified atom stereocenters. The summed E-state index contributed by atoms with van der Waals surface area (Å²) >= 11 is 0. The van der Waals surface area contributed by atoms with Crippen molar-refractivity contribution in [1.29, 1.82) is 0 Å². The van der Waals surface area contributed by atoms with Crippen molar-refractivity contribution in [3.05, 3.63) is 96.1 Å². The summed E-state index contributed by atoms with van der Waals surface area (Å²) in [6.45, 7) is 0. The van der Waals surface area contributed by atoms with Gasteiger partial charge in [-0.3, -0.25) is 9.59 Å². The third-order valence-corrected chi connectivity index (χ3v) is 6.11. The molecule has 0 aliphatic carbocycles. The van der Waals surface area contributed by atoms with Gasteiger partial charge < -0.3 is 31.2 Å². The summed E-state index contributed by atoms with van der Waals surface area (Å²) in [5, 5.41) is 18.4. The summed E-state index contributed by atoms with van der Waals surface area (Å²) in [6.07, 6.45) is -1.57. The van der Waals surface area contributed by atoms with Crippen molar-refractivity contribution in [2.24, 2.45) is 0 Å². The third kappa shape index (κ3) is 5.07. The molecule has 5 aromatic rings. The molecule has 0 spiro atoms. The van der Waals surface area contributed by atoms with Gasteiger partial charge >= 0.3 is 0 Å². The van der Waals surface area contributed by atoms with Crippen LogP contribution < -0.4 is 21.1 Å². The van der Waals surface area contributed by atoms with E-state index in [1.54, 1.807) is 61.7 Å². The van der Waals surface area contributed by atoms with Crippen LogP contribution >= 0.6 is 0 Å². The minimum atomic E-state index is -1.57. The number of aromatic amines is 1. The van der Waals surface area contributed by atoms with Crippen molar-refractivity contribution >= 4 is 45.3 Å². The minimum absolute atomic E-state index is 0.262. The standard InChI is InChI=1S/C28H25N5O4/c1-37-21-11-9-17-13-19(8-7-18(17)14-21)26(35)33-24(16-5-3-2-4-6-16)25(34)27(36)30-20-10-12-22-23(15-20)32-28(29)31-22/h2-15,24-25,34H,1H3,(H,30,36)(H,33,35)(H3,29,31,32). The first-order chi connectivity index (χ1) is 17.9. The van der Waals surface area contributed by atoms with Gasteiger partial charge in [0.1, 0.15) is 5.75 Å². The van der Waals surface area contributed by atoms with Gasteiger partial charge in [0.15, 0.2) is 12.1 Å². The van der Waals surface area contributed by atoms with Gasteiger partial charge in [-0.25, -0.2) is 4.98 Å². The molecular formula is C28H25N5O4. The number of nitrogens with one attached hydrogen (secondary N) is 3. The van der Waals surface area contributed by atoms with Gasteiger partial charge in [-0.1, -0.05) is 42.5 Å². The predicted octanol–water partition coefficient (Wildman–Crippen LogP) is 3.78. The zero-order chi connectivity index (χ0) is 25.9. The molecule has 4 aromatic carbocycles. The van der Waals surface area contributed by atoms with Crippen LogP contribution in [0.1, 0.15) is 22.0 Å². The van der Waals surface area contributed by atoms with E-state index in [9.17, 15) is 14.7 Å². The average Bonchev–Trinajstić information content (AvgIpc) is 3.30. The number of fused-ring (bicyclic) bond motifs is 2. The van der Waals surface area contributed by atoms with Gasteiger partial charge in [-0.2, -0.15) is 0 Å². The Bertz CT molecular complexity index is 1600. The molecule has 0 fully saturated rings. The molecular weight excluding hydrogens is 470 g/mol. The van der Waals surface area contributed by atoms with Crippen molar-refractivity contribution in [3.8, 4) is 5.75 Å². The summed E-state index contributed by atoms with van der Waals surface area (Å²) in [5.74, 6) is -0.115. The van der Waals surface area contributed by atoms with E-state index in [0.29, 0.717) is 27.8 Å². The zero-order valence-corrected chi connectivity index (χ0v) is 19.9. The summed E-state index contributed by atoms with van der Waals surface area (Å²) in [6, 6.07) is 23.7. The zero-order valence-electron chi connectivity index (χ0n) is 19.9. The summed E-state index contributed by atoms with van der Waals surface area (Å²) in [7, 11) is 1.60. The Morgan fingerprint density at radius 3 is 2.51 bits per heavy atom. The maximum Gasteiger partial charge on any atom is 0.255 e. The second-order valence-electron chi connectivity index (χ2n) is 8.58. The minimum Gasteiger partial charge on any atom is -0.497 e. The van der Waals surface area contributed by atoms with E-state index in [-0.39, 0.29) is 5.95 Å². The number of hydrogen-bond donors (Lipinski definition) is 5. The Balaban J connectivity index is 1.38. The Morgan fingerprint density at radius 1 is 0.973 bits per heavy atom. The second-order valence-corrected chi connectivity index (χ2v) is 8.58. The molecule has 9 nitrogen and oxygen atoms in total. The number of H-pyrrole nitrogens is 1. The second kappa shape index (κ2) is 10.00. The number of aromatic nitrogens is 2. The van der Waals surface area contributed by atoms with Gasteiger partial charge in [0.25, 0.3) is 11.8 Å². The van der Waals surface area contributed by atoms with Crippen molar-refractivity contribution in [1.82, 2.24) is 15.3 Å². The number of hydrogen-bond acceptors (Lipinski definition) is 6. The number of nitrogen functional groups attached to an aromatic ring is 1. The summed E-state index contributed by atoms with van der Waals surface area (Å²) in [4.78, 5) is 33.3. The number of imidazole rings is 1. The first-order valence-electron chi connectivity index (χ1n) is 11.6. The predicted molar refractivity (Wildman–Crippen MR) is 142 cm³/mol. The number of carbonyl (C=O) groups excluding carboxylic acids is 2. The number of amides is 2. The van der Waals surface area contributed by atoms with E-state index in [4.69, 9.17) is 10.5 Å². The van der Waals surface area contributed by atoms with Crippen LogP contribution in [0.25, 0.3) is 21.8 Å². The number of ether oxygens (including phenoxy) is 1. The Labute approximate surface area is 212 Å². The lowest BCUT2D eigenvalue weighted by atomic mass is 9.99. The van der Waals surface area contributed by atoms with Crippen LogP contribution in [0.2, 0.25) is 0 Å². The van der Waals surface area contributed by atoms with E-state index < -0.39 is 24.0 Å². The van der Waals surface area contributed by atoms with Crippen LogP contribution in [0.5, 0.6) is 5.75 Å². The van der Waals surface area contributed by atoms with Crippen LogP contribution in [0.15, 0.2) is 84.9 Å². The van der Waals surface area contributed by atoms with Crippen molar-refractivity contribution < 1.29 is 19.4 Å². The molecule has 9 heteroatoms. The van der Waals surface area contributed by atoms with Crippen LogP contribution in [0.3, 0.4) is 0 Å². The molecule has 37 heavy (non-hydrogen) atoms. The third-order valence-electron chi connectivity index (χ3n) is 6.11. The van der Waals surface area contributed by atoms with E-state index in [2.05, 4.69) is 20.6 Å². The first kappa shape index (κ1) is 23.8. The normalized spacial score (nSPS) is 12.7. The highest BCUT2D eigenvalue weighted by molar-refractivity contribution is 6.00. The van der Waals surface area contributed by atoms with E-state index >= 15 is 0 Å². The number of nitrogens with two attached hydrogens (primary N) is 1. The van der Waals surface area contributed by atoms with E-state index in [0.717, 1.165) is 16.5 Å². The number of aliphatic hydroxyl groups is 1. The highest BCUT2D eigenvalue weighted by Gasteiger charge is 2.29. The number of methoxy groups -OCH3 is 1. The van der Waals surface area contributed by atoms with Crippen LogP contribution in [-0.2, 0) is 4.79 Å². The maximum absolute atomic E-state index is 13.2. The fourth-order valence-electron chi connectivity index (χ4n) is 4.20. The fourth-order valence-corrected chi connectivity index (χ4v) is 4.20. The number of carbonyl (C=O) groups is 2. The highest BCUT2D eigenvalue weighted by atomic mass is 16.5. The lowest BCUT2D eigenvalue weighted by Crippen LogP contribution is -2.42. The first-order valence-corrected chi connectivity index (χ1v) is 11.6. The molecule has 0 aliphatic rings. The SMILES string of the molecule is COc1ccc2cc(C(=O)NC(c3ccccc3)C(O)C(=O)Nc3ccc4nc(N)[nH]c4c3)ccc2c1. The monoisotopic (exact) mass is 495 g/mol. The molecule has 0 saturated carbocycles. The summed E-state index contributed by atoms with van der Waals surface area (Å²) in [5.41, 5.74) is 8.42. The van der Waals surface area contributed by atoms with Gasteiger partial charge in [-0.05, 0) is 58.8 Å². The molecule has 5 rings (SSSR count). The maximum atomic E-state index is 13.2. The van der Waals surface area contributed by atoms with Gasteiger partial charge in [0, 0.05) is 11.3 Å². The average molecular weight is 496 g/mol. The van der Waals surface area contributed by atoms with E-state index in [1.807, 2.05) is 30.3 Å². The van der Waals surface area contributed by atoms with Crippen molar-refractivity contribution in [2.45, 2.75) is 12.1 Å². The van der Waals surface area contributed by atoms with Gasteiger partial charge in [0.2, 0.25) is 0 Å². The largest absolute Gasteiger partial charge is 0.497 e. The molecule has 2 amide bonds. The lowest BCUT2D eigenvalue weighted by molar-refractivity contribution is -0.125. The number of aliphatic hydroxyl groups excluding tert-OH is 1. The topological polar surface area (TPSA) is 142 Å². The van der Waals surface area contributed by atoms with Gasteiger partial charge in [0.05, 0.1) is 24.2 Å². The van der Waals surface area contributed by atoms with Crippen LogP contribution in [0.4, 0.5) is 11.6 Å². The van der Waals surface area contributed by atoms with Crippen molar-refractivity contribution in [2.75, 3.05) is 18.2 Å². The molecule has 1 heterocycles. The Hall–Kier alpha value is -4.89. The molecule has 0 bridgehead atoms. The van der Waals surface area contributed by atoms with Crippen LogP contribution in [-0.4, -0.2) is 40.1 Å². The fraction of sp³-hybridized carbons (Fsp3) is 0.107. The molecule has 6 N–H and O–H groups in total. The van der Waals surface area contributed by atoms with Crippen molar-refractivity contribution in [3.63, 3.8) is 0 Å². The van der Waals surface area contributed by atoms with E-state index in [1.165, 1.54) is 0 Å². The molecule has 0 saturated heterocycles. The summed E-state index contributed by atoms with van der Waals surface area (Å²) < 4.78 is 5.26.